The van der Waals surface area contributed by atoms with Crippen molar-refractivity contribution in [1.82, 2.24) is 9.36 Å². The maximum absolute atomic E-state index is 12.2. The number of nitrogens with two attached hydrogens (primary N) is 1. The zero-order chi connectivity index (χ0) is 16.7. The molecule has 0 unspecified atom stereocenters. The van der Waals surface area contributed by atoms with E-state index in [-0.39, 0.29) is 11.6 Å². The summed E-state index contributed by atoms with van der Waals surface area (Å²) in [6.07, 6.45) is 0. The van der Waals surface area contributed by atoms with Crippen molar-refractivity contribution in [3.8, 4) is 11.1 Å². The summed E-state index contributed by atoms with van der Waals surface area (Å²) < 4.78 is 9.13. The van der Waals surface area contributed by atoms with Gasteiger partial charge in [0.15, 0.2) is 5.52 Å². The molecule has 0 aliphatic carbocycles. The molecule has 24 heavy (non-hydrogen) atoms. The number of nitrogens with one attached hydrogen (secondary N) is 1. The van der Waals surface area contributed by atoms with E-state index in [1.165, 1.54) is 11.5 Å². The highest BCUT2D eigenvalue weighted by atomic mass is 32.1. The van der Waals surface area contributed by atoms with Gasteiger partial charge in [0.1, 0.15) is 5.82 Å². The summed E-state index contributed by atoms with van der Waals surface area (Å²) in [5.41, 5.74) is 9.02. The van der Waals surface area contributed by atoms with E-state index in [0.717, 1.165) is 28.2 Å². The van der Waals surface area contributed by atoms with E-state index in [4.69, 9.17) is 10.5 Å². The van der Waals surface area contributed by atoms with Gasteiger partial charge in [-0.15, -0.1) is 0 Å². The van der Waals surface area contributed by atoms with E-state index in [1.54, 1.807) is 0 Å². The van der Waals surface area contributed by atoms with Crippen molar-refractivity contribution in [2.45, 2.75) is 13.0 Å². The summed E-state index contributed by atoms with van der Waals surface area (Å²) in [4.78, 5) is 19.0. The Labute approximate surface area is 143 Å². The summed E-state index contributed by atoms with van der Waals surface area (Å²) in [6.45, 7) is 4.17. The molecule has 6 nitrogen and oxygen atoms in total. The minimum Gasteiger partial charge on any atom is -0.398 e. The predicted octanol–water partition coefficient (Wildman–Crippen LogP) is 2.46. The molecule has 0 saturated carbocycles. The van der Waals surface area contributed by atoms with Crippen molar-refractivity contribution >= 4 is 33.3 Å². The van der Waals surface area contributed by atoms with Crippen molar-refractivity contribution < 1.29 is 4.74 Å². The van der Waals surface area contributed by atoms with Crippen molar-refractivity contribution in [2.75, 3.05) is 30.4 Å². The molecule has 124 valence electrons. The summed E-state index contributed by atoms with van der Waals surface area (Å²) >= 11 is 1.30. The number of ether oxygens (including phenoxy) is 1. The SMILES string of the molecule is C[C@@H]1COCCN1c1cc(-c2ccccc2N)c2s[nH]c(=O)c2n1. The Kier molecular flexibility index (Phi) is 3.74. The van der Waals surface area contributed by atoms with Crippen molar-refractivity contribution in [1.29, 1.82) is 0 Å². The number of anilines is 2. The third kappa shape index (κ3) is 2.46. The summed E-state index contributed by atoms with van der Waals surface area (Å²) in [5.74, 6) is 0.792. The first-order chi connectivity index (χ1) is 11.6. The molecule has 1 saturated heterocycles. The zero-order valence-electron chi connectivity index (χ0n) is 13.3. The van der Waals surface area contributed by atoms with Gasteiger partial charge in [0, 0.05) is 23.4 Å². The number of aromatic amines is 1. The van der Waals surface area contributed by atoms with Gasteiger partial charge in [0.25, 0.3) is 5.56 Å². The first-order valence-electron chi connectivity index (χ1n) is 7.86. The molecular formula is C17H18N4O2S. The summed E-state index contributed by atoms with van der Waals surface area (Å²) in [5, 5.41) is 0. The van der Waals surface area contributed by atoms with Crippen LogP contribution in [0.1, 0.15) is 6.92 Å². The normalized spacial score (nSPS) is 18.2. The molecule has 1 fully saturated rings. The molecule has 1 aliphatic rings. The number of H-pyrrole nitrogens is 1. The molecule has 0 spiro atoms. The second kappa shape index (κ2) is 5.92. The van der Waals surface area contributed by atoms with Gasteiger partial charge in [0.05, 0.1) is 24.0 Å². The van der Waals surface area contributed by atoms with Gasteiger partial charge in [-0.3, -0.25) is 9.17 Å². The van der Waals surface area contributed by atoms with Gasteiger partial charge < -0.3 is 15.4 Å². The van der Waals surface area contributed by atoms with Crippen LogP contribution < -0.4 is 16.2 Å². The Morgan fingerprint density at radius 2 is 2.21 bits per heavy atom. The van der Waals surface area contributed by atoms with E-state index in [2.05, 4.69) is 21.2 Å². The fourth-order valence-electron chi connectivity index (χ4n) is 3.08. The Hall–Kier alpha value is -2.38. The molecule has 2 aromatic heterocycles. The van der Waals surface area contributed by atoms with E-state index in [9.17, 15) is 4.79 Å². The Balaban J connectivity index is 1.95. The van der Waals surface area contributed by atoms with Gasteiger partial charge in [-0.25, -0.2) is 4.98 Å². The lowest BCUT2D eigenvalue weighted by Crippen LogP contribution is -2.44. The minimum absolute atomic E-state index is 0.159. The number of nitrogens with zero attached hydrogens (tertiary/aromatic N) is 2. The minimum atomic E-state index is -0.159. The molecule has 1 atom stereocenters. The van der Waals surface area contributed by atoms with Crippen LogP contribution in [-0.4, -0.2) is 35.2 Å². The quantitative estimate of drug-likeness (QED) is 0.699. The molecule has 0 amide bonds. The number of pyridine rings is 1. The summed E-state index contributed by atoms with van der Waals surface area (Å²) in [6, 6.07) is 9.93. The number of aromatic nitrogens is 2. The van der Waals surface area contributed by atoms with Gasteiger partial charge in [-0.2, -0.15) is 0 Å². The van der Waals surface area contributed by atoms with Crippen LogP contribution in [0.25, 0.3) is 21.3 Å². The second-order valence-corrected chi connectivity index (χ2v) is 6.76. The van der Waals surface area contributed by atoms with Crippen LogP contribution >= 0.6 is 11.5 Å². The van der Waals surface area contributed by atoms with E-state index < -0.39 is 0 Å². The highest BCUT2D eigenvalue weighted by molar-refractivity contribution is 7.13. The van der Waals surface area contributed by atoms with Crippen LogP contribution in [-0.2, 0) is 4.74 Å². The maximum Gasteiger partial charge on any atom is 0.284 e. The average molecular weight is 342 g/mol. The van der Waals surface area contributed by atoms with Crippen molar-refractivity contribution in [3.63, 3.8) is 0 Å². The Morgan fingerprint density at radius 3 is 3.00 bits per heavy atom. The molecule has 3 N–H and O–H groups in total. The first kappa shape index (κ1) is 15.2. The number of hydrogen-bond acceptors (Lipinski definition) is 6. The fourth-order valence-corrected chi connectivity index (χ4v) is 3.88. The maximum atomic E-state index is 12.2. The topological polar surface area (TPSA) is 84.2 Å². The lowest BCUT2D eigenvalue weighted by Gasteiger charge is -2.34. The highest BCUT2D eigenvalue weighted by Crippen LogP contribution is 2.35. The molecule has 3 aromatic rings. The Morgan fingerprint density at radius 1 is 1.38 bits per heavy atom. The van der Waals surface area contributed by atoms with E-state index in [1.807, 2.05) is 30.3 Å². The third-order valence-corrected chi connectivity index (χ3v) is 5.24. The van der Waals surface area contributed by atoms with E-state index >= 15 is 0 Å². The molecule has 7 heteroatoms. The average Bonchev–Trinajstić information content (AvgIpc) is 2.96. The molecule has 1 aliphatic heterocycles. The van der Waals surface area contributed by atoms with Gasteiger partial charge in [-0.1, -0.05) is 29.7 Å². The second-order valence-electron chi connectivity index (χ2n) is 5.94. The van der Waals surface area contributed by atoms with Crippen LogP contribution in [0.15, 0.2) is 35.1 Å². The van der Waals surface area contributed by atoms with Crippen LogP contribution in [0.4, 0.5) is 11.5 Å². The van der Waals surface area contributed by atoms with Gasteiger partial charge in [0.2, 0.25) is 0 Å². The number of fused-ring (bicyclic) bond motifs is 1. The van der Waals surface area contributed by atoms with Crippen LogP contribution in [0, 0.1) is 0 Å². The number of rotatable bonds is 2. The van der Waals surface area contributed by atoms with Crippen LogP contribution in [0.2, 0.25) is 0 Å². The van der Waals surface area contributed by atoms with Crippen molar-refractivity contribution in [2.24, 2.45) is 0 Å². The van der Waals surface area contributed by atoms with Gasteiger partial charge in [-0.05, 0) is 19.1 Å². The number of hydrogen-bond donors (Lipinski definition) is 2. The molecule has 4 rings (SSSR count). The largest absolute Gasteiger partial charge is 0.398 e. The van der Waals surface area contributed by atoms with Gasteiger partial charge >= 0.3 is 0 Å². The fraction of sp³-hybridized carbons (Fsp3) is 0.294. The molecule has 3 heterocycles. The first-order valence-corrected chi connectivity index (χ1v) is 8.68. The molecular weight excluding hydrogens is 324 g/mol. The third-order valence-electron chi connectivity index (χ3n) is 4.33. The monoisotopic (exact) mass is 342 g/mol. The predicted molar refractivity (Wildman–Crippen MR) is 97.7 cm³/mol. The number of nitrogen functional groups attached to an aromatic ring is 1. The van der Waals surface area contributed by atoms with Crippen LogP contribution in [0.5, 0.6) is 0 Å². The van der Waals surface area contributed by atoms with E-state index in [0.29, 0.717) is 24.4 Å². The lowest BCUT2D eigenvalue weighted by molar-refractivity contribution is 0.0986. The number of benzene rings is 1. The number of para-hydroxylation sites is 1. The summed E-state index contributed by atoms with van der Waals surface area (Å²) in [7, 11) is 0. The highest BCUT2D eigenvalue weighted by Gasteiger charge is 2.23. The molecule has 0 bridgehead atoms. The standard InChI is InChI=1S/C17H18N4O2S/c1-10-9-23-7-6-21(10)14-8-12(11-4-2-3-5-13(11)18)16-15(19-14)17(22)20-24-16/h2-5,8,10H,6-7,9,18H2,1H3,(H,20,22)/t10-/m1/s1. The lowest BCUT2D eigenvalue weighted by atomic mass is 10.0. The smallest absolute Gasteiger partial charge is 0.284 e. The van der Waals surface area contributed by atoms with Crippen molar-refractivity contribution in [3.05, 3.63) is 40.7 Å². The van der Waals surface area contributed by atoms with Crippen LogP contribution in [0.3, 0.4) is 0 Å². The molecule has 1 aromatic carbocycles. The Bertz CT molecular complexity index is 949. The zero-order valence-corrected chi connectivity index (χ0v) is 14.1. The molecule has 0 radical (unpaired) electrons. The number of morpholine rings is 1.